The SMILES string of the molecule is Cc1ccc(NC(=O)C(C)SC(C)c2ccc(F)cc2)c(Br)c1. The summed E-state index contributed by atoms with van der Waals surface area (Å²) in [6.07, 6.45) is 0. The van der Waals surface area contributed by atoms with Gasteiger partial charge in [-0.1, -0.05) is 18.2 Å². The lowest BCUT2D eigenvalue weighted by atomic mass is 10.2. The lowest BCUT2D eigenvalue weighted by Crippen LogP contribution is -2.23. The second-order valence-electron chi connectivity index (χ2n) is 5.44. The van der Waals surface area contributed by atoms with E-state index in [2.05, 4.69) is 21.2 Å². The van der Waals surface area contributed by atoms with Crippen molar-refractivity contribution in [2.45, 2.75) is 31.3 Å². The minimum atomic E-state index is -0.249. The fourth-order valence-electron chi connectivity index (χ4n) is 2.14. The van der Waals surface area contributed by atoms with Crippen molar-refractivity contribution in [3.63, 3.8) is 0 Å². The third-order valence-corrected chi connectivity index (χ3v) is 5.46. The molecule has 0 saturated heterocycles. The number of thioether (sulfide) groups is 1. The van der Waals surface area contributed by atoms with Crippen LogP contribution in [0.15, 0.2) is 46.9 Å². The number of benzene rings is 2. The number of amides is 1. The van der Waals surface area contributed by atoms with Gasteiger partial charge >= 0.3 is 0 Å². The van der Waals surface area contributed by atoms with Gasteiger partial charge in [-0.05, 0) is 72.1 Å². The van der Waals surface area contributed by atoms with Crippen molar-refractivity contribution >= 4 is 39.3 Å². The van der Waals surface area contributed by atoms with Gasteiger partial charge in [0, 0.05) is 9.72 Å². The van der Waals surface area contributed by atoms with E-state index in [0.717, 1.165) is 21.3 Å². The zero-order valence-corrected chi connectivity index (χ0v) is 15.7. The minimum Gasteiger partial charge on any atom is -0.324 e. The maximum atomic E-state index is 13.0. The summed E-state index contributed by atoms with van der Waals surface area (Å²) in [5.41, 5.74) is 2.90. The van der Waals surface area contributed by atoms with E-state index in [4.69, 9.17) is 0 Å². The Morgan fingerprint density at radius 3 is 2.43 bits per heavy atom. The number of carbonyl (C=O) groups excluding carboxylic acids is 1. The smallest absolute Gasteiger partial charge is 0.237 e. The molecule has 0 fully saturated rings. The zero-order chi connectivity index (χ0) is 17.0. The van der Waals surface area contributed by atoms with E-state index in [1.54, 1.807) is 23.9 Å². The molecular formula is C18H19BrFNOS. The molecule has 0 aliphatic carbocycles. The van der Waals surface area contributed by atoms with E-state index in [9.17, 15) is 9.18 Å². The van der Waals surface area contributed by atoms with Crippen molar-refractivity contribution in [1.29, 1.82) is 0 Å². The standard InChI is InChI=1S/C18H19BrFNOS/c1-11-4-9-17(16(19)10-11)21-18(22)13(3)23-12(2)14-5-7-15(20)8-6-14/h4-10,12-13H,1-3H3,(H,21,22). The molecule has 2 rings (SSSR count). The fraction of sp³-hybridized carbons (Fsp3) is 0.278. The second kappa shape index (κ2) is 7.97. The Kier molecular flexibility index (Phi) is 6.25. The Bertz CT molecular complexity index is 690. The van der Waals surface area contributed by atoms with E-state index in [-0.39, 0.29) is 22.2 Å². The van der Waals surface area contributed by atoms with Gasteiger partial charge in [0.1, 0.15) is 5.82 Å². The van der Waals surface area contributed by atoms with Gasteiger partial charge in [-0.3, -0.25) is 4.79 Å². The van der Waals surface area contributed by atoms with E-state index in [0.29, 0.717) is 0 Å². The van der Waals surface area contributed by atoms with Gasteiger partial charge in [0.05, 0.1) is 10.9 Å². The van der Waals surface area contributed by atoms with Crippen molar-refractivity contribution in [3.05, 3.63) is 63.9 Å². The summed E-state index contributed by atoms with van der Waals surface area (Å²) in [6, 6.07) is 12.2. The van der Waals surface area contributed by atoms with Crippen LogP contribution >= 0.6 is 27.7 Å². The fourth-order valence-corrected chi connectivity index (χ4v) is 3.84. The topological polar surface area (TPSA) is 29.1 Å². The number of nitrogens with one attached hydrogen (secondary N) is 1. The summed E-state index contributed by atoms with van der Waals surface area (Å²) in [7, 11) is 0. The first-order valence-corrected chi connectivity index (χ1v) is 9.08. The molecule has 1 amide bonds. The van der Waals surface area contributed by atoms with Crippen LogP contribution in [0.5, 0.6) is 0 Å². The molecule has 0 aliphatic rings. The van der Waals surface area contributed by atoms with Crippen LogP contribution in [0, 0.1) is 12.7 Å². The Morgan fingerprint density at radius 2 is 1.83 bits per heavy atom. The molecule has 2 nitrogen and oxygen atoms in total. The average Bonchev–Trinajstić information content (AvgIpc) is 2.50. The normalized spacial score (nSPS) is 13.4. The molecule has 0 radical (unpaired) electrons. The molecule has 0 spiro atoms. The van der Waals surface area contributed by atoms with Gasteiger partial charge in [-0.25, -0.2) is 4.39 Å². The van der Waals surface area contributed by atoms with Gasteiger partial charge in [0.2, 0.25) is 5.91 Å². The summed E-state index contributed by atoms with van der Waals surface area (Å²) in [6.45, 7) is 5.89. The highest BCUT2D eigenvalue weighted by Gasteiger charge is 2.19. The van der Waals surface area contributed by atoms with Crippen LogP contribution in [0.4, 0.5) is 10.1 Å². The average molecular weight is 396 g/mol. The molecule has 0 saturated carbocycles. The van der Waals surface area contributed by atoms with E-state index in [1.807, 2.05) is 39.0 Å². The first-order chi connectivity index (χ1) is 10.9. The molecule has 0 heterocycles. The highest BCUT2D eigenvalue weighted by atomic mass is 79.9. The summed E-state index contributed by atoms with van der Waals surface area (Å²) >= 11 is 5.01. The second-order valence-corrected chi connectivity index (χ2v) is 7.99. The molecule has 0 aliphatic heterocycles. The Morgan fingerprint density at radius 1 is 1.17 bits per heavy atom. The van der Waals surface area contributed by atoms with Crippen LogP contribution in [-0.4, -0.2) is 11.2 Å². The van der Waals surface area contributed by atoms with E-state index >= 15 is 0 Å². The minimum absolute atomic E-state index is 0.0477. The lowest BCUT2D eigenvalue weighted by molar-refractivity contribution is -0.115. The molecule has 2 aromatic rings. The highest BCUT2D eigenvalue weighted by Crippen LogP contribution is 2.32. The van der Waals surface area contributed by atoms with Crippen molar-refractivity contribution < 1.29 is 9.18 Å². The largest absolute Gasteiger partial charge is 0.324 e. The van der Waals surface area contributed by atoms with Gasteiger partial charge in [-0.2, -0.15) is 0 Å². The quantitative estimate of drug-likeness (QED) is 0.701. The van der Waals surface area contributed by atoms with Crippen molar-refractivity contribution in [2.75, 3.05) is 5.32 Å². The number of hydrogen-bond acceptors (Lipinski definition) is 2. The number of carbonyl (C=O) groups is 1. The van der Waals surface area contributed by atoms with Crippen molar-refractivity contribution in [2.24, 2.45) is 0 Å². The summed E-state index contributed by atoms with van der Waals surface area (Å²) in [5, 5.41) is 2.83. The number of hydrogen-bond donors (Lipinski definition) is 1. The third-order valence-electron chi connectivity index (χ3n) is 3.50. The molecule has 122 valence electrons. The molecule has 2 unspecified atom stereocenters. The Balaban J connectivity index is 1.98. The van der Waals surface area contributed by atoms with Crippen LogP contribution in [-0.2, 0) is 4.79 Å². The number of aryl methyl sites for hydroxylation is 1. The Labute approximate surface area is 149 Å². The summed E-state index contributed by atoms with van der Waals surface area (Å²) < 4.78 is 13.8. The zero-order valence-electron chi connectivity index (χ0n) is 13.3. The molecule has 5 heteroatoms. The third kappa shape index (κ3) is 5.08. The maximum absolute atomic E-state index is 13.0. The van der Waals surface area contributed by atoms with E-state index in [1.165, 1.54) is 12.1 Å². The number of halogens is 2. The van der Waals surface area contributed by atoms with E-state index < -0.39 is 0 Å². The molecule has 0 bridgehead atoms. The predicted molar refractivity (Wildman–Crippen MR) is 99.4 cm³/mol. The van der Waals surface area contributed by atoms with Gasteiger partial charge < -0.3 is 5.32 Å². The first-order valence-electron chi connectivity index (χ1n) is 7.34. The monoisotopic (exact) mass is 395 g/mol. The van der Waals surface area contributed by atoms with Crippen LogP contribution < -0.4 is 5.32 Å². The molecule has 23 heavy (non-hydrogen) atoms. The molecule has 2 atom stereocenters. The maximum Gasteiger partial charge on any atom is 0.237 e. The molecule has 2 aromatic carbocycles. The van der Waals surface area contributed by atoms with Crippen molar-refractivity contribution in [3.8, 4) is 0 Å². The Hall–Kier alpha value is -1.33. The highest BCUT2D eigenvalue weighted by molar-refractivity contribution is 9.10. The van der Waals surface area contributed by atoms with Gasteiger partial charge in [0.15, 0.2) is 0 Å². The summed E-state index contributed by atoms with van der Waals surface area (Å²) in [5.74, 6) is -0.297. The van der Waals surface area contributed by atoms with Crippen LogP contribution in [0.3, 0.4) is 0 Å². The molecular weight excluding hydrogens is 377 g/mol. The van der Waals surface area contributed by atoms with Gasteiger partial charge in [-0.15, -0.1) is 11.8 Å². The number of anilines is 1. The van der Waals surface area contributed by atoms with Crippen LogP contribution in [0.2, 0.25) is 0 Å². The van der Waals surface area contributed by atoms with Gasteiger partial charge in [0.25, 0.3) is 0 Å². The van der Waals surface area contributed by atoms with Crippen LogP contribution in [0.25, 0.3) is 0 Å². The number of rotatable bonds is 5. The molecule has 1 N–H and O–H groups in total. The molecule has 0 aromatic heterocycles. The van der Waals surface area contributed by atoms with Crippen LogP contribution in [0.1, 0.15) is 30.2 Å². The lowest BCUT2D eigenvalue weighted by Gasteiger charge is -2.18. The predicted octanol–water partition coefficient (Wildman–Crippen LogP) is 5.72. The van der Waals surface area contributed by atoms with Crippen molar-refractivity contribution in [1.82, 2.24) is 0 Å². The first kappa shape index (κ1) is 18.0. The summed E-state index contributed by atoms with van der Waals surface area (Å²) in [4.78, 5) is 12.4.